The van der Waals surface area contributed by atoms with Crippen molar-refractivity contribution in [2.75, 3.05) is 0 Å². The number of alkyl halides is 3. The van der Waals surface area contributed by atoms with Gasteiger partial charge in [-0.05, 0) is 35.9 Å². The van der Waals surface area contributed by atoms with Crippen molar-refractivity contribution < 1.29 is 22.3 Å². The molecule has 2 aromatic carbocycles. The summed E-state index contributed by atoms with van der Waals surface area (Å²) in [6.45, 7) is 0. The molecule has 108 valence electrons. The van der Waals surface area contributed by atoms with Gasteiger partial charge in [0.25, 0.3) is 0 Å². The van der Waals surface area contributed by atoms with Gasteiger partial charge in [-0.1, -0.05) is 23.6 Å². The molecule has 0 fully saturated rings. The smallest absolute Gasteiger partial charge is 0.405 e. The third kappa shape index (κ3) is 3.67. The van der Waals surface area contributed by atoms with Gasteiger partial charge in [-0.3, -0.25) is 0 Å². The fourth-order valence-corrected chi connectivity index (χ4v) is 1.90. The molecule has 2 aromatic rings. The van der Waals surface area contributed by atoms with Gasteiger partial charge < -0.3 is 4.74 Å². The lowest BCUT2D eigenvalue weighted by Crippen LogP contribution is -2.17. The van der Waals surface area contributed by atoms with E-state index in [4.69, 9.17) is 18.0 Å². The molecule has 0 amide bonds. The highest BCUT2D eigenvalue weighted by Crippen LogP contribution is 2.36. The van der Waals surface area contributed by atoms with Crippen LogP contribution in [0.25, 0.3) is 11.1 Å². The molecule has 0 aliphatic rings. The molecule has 0 saturated carbocycles. The Morgan fingerprint density at radius 3 is 2.38 bits per heavy atom. The van der Waals surface area contributed by atoms with Crippen LogP contribution in [0.1, 0.15) is 5.56 Å². The Labute approximate surface area is 123 Å². The molecule has 21 heavy (non-hydrogen) atoms. The van der Waals surface area contributed by atoms with Crippen molar-refractivity contribution in [3.8, 4) is 29.2 Å². The summed E-state index contributed by atoms with van der Waals surface area (Å²) < 4.78 is 54.4. The summed E-state index contributed by atoms with van der Waals surface area (Å²) in [5.41, 5.74) is 0.697. The summed E-state index contributed by atoms with van der Waals surface area (Å²) in [6.07, 6.45) is 0.378. The Morgan fingerprint density at radius 2 is 1.81 bits per heavy atom. The third-order valence-electron chi connectivity index (χ3n) is 2.60. The highest BCUT2D eigenvalue weighted by atomic mass is 35.5. The average molecular weight is 315 g/mol. The van der Waals surface area contributed by atoms with E-state index in [-0.39, 0.29) is 16.1 Å². The van der Waals surface area contributed by atoms with E-state index in [0.29, 0.717) is 5.56 Å². The van der Waals surface area contributed by atoms with Crippen molar-refractivity contribution in [3.63, 3.8) is 0 Å². The van der Waals surface area contributed by atoms with E-state index in [2.05, 4.69) is 10.7 Å². The molecule has 0 spiro atoms. The SMILES string of the molecule is C#Cc1ccc(OC(F)(F)F)c(-c2ccc(F)c(Cl)c2)c1. The van der Waals surface area contributed by atoms with E-state index in [9.17, 15) is 17.6 Å². The second-order valence-corrected chi connectivity index (χ2v) is 4.44. The minimum absolute atomic E-state index is 0.0738. The van der Waals surface area contributed by atoms with E-state index in [1.54, 1.807) is 0 Å². The third-order valence-corrected chi connectivity index (χ3v) is 2.89. The first kappa shape index (κ1) is 15.2. The molecule has 0 aromatic heterocycles. The number of benzene rings is 2. The number of ether oxygens (including phenoxy) is 1. The highest BCUT2D eigenvalue weighted by molar-refractivity contribution is 6.31. The average Bonchev–Trinajstić information content (AvgIpc) is 2.41. The quantitative estimate of drug-likeness (QED) is 0.558. The molecule has 0 aliphatic heterocycles. The number of rotatable bonds is 2. The van der Waals surface area contributed by atoms with E-state index in [1.165, 1.54) is 24.3 Å². The van der Waals surface area contributed by atoms with Gasteiger partial charge in [0.05, 0.1) is 5.02 Å². The second kappa shape index (κ2) is 5.66. The van der Waals surface area contributed by atoms with Crippen molar-refractivity contribution in [2.24, 2.45) is 0 Å². The molecule has 0 N–H and O–H groups in total. The molecule has 1 nitrogen and oxygen atoms in total. The molecular formula is C15H7ClF4O. The fourth-order valence-electron chi connectivity index (χ4n) is 1.72. The summed E-state index contributed by atoms with van der Waals surface area (Å²) in [4.78, 5) is 0. The van der Waals surface area contributed by atoms with Gasteiger partial charge in [0.1, 0.15) is 11.6 Å². The molecule has 0 unspecified atom stereocenters. The van der Waals surface area contributed by atoms with Crippen LogP contribution in [0.2, 0.25) is 5.02 Å². The van der Waals surface area contributed by atoms with Crippen LogP contribution < -0.4 is 4.74 Å². The molecule has 0 radical (unpaired) electrons. The summed E-state index contributed by atoms with van der Waals surface area (Å²) in [7, 11) is 0. The minimum Gasteiger partial charge on any atom is -0.405 e. The van der Waals surface area contributed by atoms with Gasteiger partial charge in [0.2, 0.25) is 0 Å². The zero-order valence-electron chi connectivity index (χ0n) is 10.3. The Kier molecular flexibility index (Phi) is 4.10. The van der Waals surface area contributed by atoms with Crippen molar-refractivity contribution in [3.05, 3.63) is 52.8 Å². The summed E-state index contributed by atoms with van der Waals surface area (Å²) in [6, 6.07) is 7.31. The lowest BCUT2D eigenvalue weighted by atomic mass is 10.0. The van der Waals surface area contributed by atoms with E-state index in [0.717, 1.165) is 12.1 Å². The topological polar surface area (TPSA) is 9.23 Å². The van der Waals surface area contributed by atoms with Crippen molar-refractivity contribution in [1.29, 1.82) is 0 Å². The van der Waals surface area contributed by atoms with Crippen LogP contribution in [0, 0.1) is 18.2 Å². The van der Waals surface area contributed by atoms with E-state index < -0.39 is 17.9 Å². The normalized spacial score (nSPS) is 11.0. The van der Waals surface area contributed by atoms with Crippen LogP contribution in [0.4, 0.5) is 17.6 Å². The van der Waals surface area contributed by atoms with Gasteiger partial charge in [-0.15, -0.1) is 19.6 Å². The monoisotopic (exact) mass is 314 g/mol. The molecule has 6 heteroatoms. The van der Waals surface area contributed by atoms with Crippen LogP contribution >= 0.6 is 11.6 Å². The van der Waals surface area contributed by atoms with Gasteiger partial charge in [0.15, 0.2) is 0 Å². The first-order chi connectivity index (χ1) is 9.80. The molecular weight excluding hydrogens is 308 g/mol. The molecule has 0 heterocycles. The zero-order valence-corrected chi connectivity index (χ0v) is 11.1. The van der Waals surface area contributed by atoms with Gasteiger partial charge in [0, 0.05) is 11.1 Å². The van der Waals surface area contributed by atoms with Crippen LogP contribution in [0.15, 0.2) is 36.4 Å². The maximum atomic E-state index is 13.2. The first-order valence-electron chi connectivity index (χ1n) is 5.62. The molecule has 0 atom stereocenters. The predicted molar refractivity (Wildman–Crippen MR) is 71.5 cm³/mol. The van der Waals surface area contributed by atoms with Crippen molar-refractivity contribution in [2.45, 2.75) is 6.36 Å². The van der Waals surface area contributed by atoms with E-state index >= 15 is 0 Å². The Balaban J connectivity index is 2.58. The lowest BCUT2D eigenvalue weighted by molar-refractivity contribution is -0.274. The number of hydrogen-bond donors (Lipinski definition) is 0. The number of hydrogen-bond acceptors (Lipinski definition) is 1. The molecule has 2 rings (SSSR count). The van der Waals surface area contributed by atoms with Crippen LogP contribution in [0.3, 0.4) is 0 Å². The lowest BCUT2D eigenvalue weighted by Gasteiger charge is -2.14. The minimum atomic E-state index is -4.85. The van der Waals surface area contributed by atoms with Crippen molar-refractivity contribution >= 4 is 11.6 Å². The number of halogens is 5. The maximum absolute atomic E-state index is 13.2. The van der Waals surface area contributed by atoms with Gasteiger partial charge >= 0.3 is 6.36 Å². The Morgan fingerprint density at radius 1 is 1.10 bits per heavy atom. The maximum Gasteiger partial charge on any atom is 0.573 e. The van der Waals surface area contributed by atoms with E-state index in [1.807, 2.05) is 0 Å². The second-order valence-electron chi connectivity index (χ2n) is 4.03. The first-order valence-corrected chi connectivity index (χ1v) is 6.00. The Hall–Kier alpha value is -2.19. The summed E-state index contributed by atoms with van der Waals surface area (Å²) >= 11 is 5.64. The number of terminal acetylenes is 1. The van der Waals surface area contributed by atoms with Gasteiger partial charge in [-0.2, -0.15) is 0 Å². The largest absolute Gasteiger partial charge is 0.573 e. The molecule has 0 aliphatic carbocycles. The van der Waals surface area contributed by atoms with Crippen LogP contribution in [0.5, 0.6) is 5.75 Å². The molecule has 0 saturated heterocycles. The van der Waals surface area contributed by atoms with Gasteiger partial charge in [-0.25, -0.2) is 4.39 Å². The fraction of sp³-hybridized carbons (Fsp3) is 0.0667. The standard InChI is InChI=1S/C15H7ClF4O/c1-2-9-3-6-14(21-15(18,19)20)11(7-9)10-4-5-13(17)12(16)8-10/h1,3-8H. The van der Waals surface area contributed by atoms with Crippen molar-refractivity contribution in [1.82, 2.24) is 0 Å². The summed E-state index contributed by atoms with van der Waals surface area (Å²) in [5, 5.41) is -0.212. The predicted octanol–water partition coefficient (Wildman–Crippen LogP) is 5.03. The molecule has 0 bridgehead atoms. The highest BCUT2D eigenvalue weighted by Gasteiger charge is 2.32. The zero-order chi connectivity index (χ0) is 15.6. The Bertz CT molecular complexity index is 717. The van der Waals surface area contributed by atoms with Crippen LogP contribution in [-0.2, 0) is 0 Å². The summed E-state index contributed by atoms with van der Waals surface area (Å²) in [5.74, 6) is 1.19. The van der Waals surface area contributed by atoms with Crippen LogP contribution in [-0.4, -0.2) is 6.36 Å².